The van der Waals surface area contributed by atoms with Crippen LogP contribution >= 0.6 is 0 Å². The molecule has 0 saturated carbocycles. The molecule has 0 aliphatic carbocycles. The minimum Gasteiger partial charge on any atom is -0.492 e. The van der Waals surface area contributed by atoms with Gasteiger partial charge in [0, 0.05) is 49.8 Å². The zero-order chi connectivity index (χ0) is 22.5. The number of likely N-dealkylation sites (tertiary alicyclic amines) is 1. The number of rotatable bonds is 8. The largest absolute Gasteiger partial charge is 0.492 e. The molecule has 0 spiro atoms. The second-order valence-electron chi connectivity index (χ2n) is 10.0. The molecule has 2 heterocycles. The van der Waals surface area contributed by atoms with Gasteiger partial charge in [-0.25, -0.2) is 4.99 Å². The smallest absolute Gasteiger partial charge is 0.194 e. The van der Waals surface area contributed by atoms with Gasteiger partial charge in [-0.2, -0.15) is 0 Å². The first-order valence-electron chi connectivity index (χ1n) is 11.8. The lowest BCUT2D eigenvalue weighted by molar-refractivity contribution is -0.0667. The predicted molar refractivity (Wildman–Crippen MR) is 128 cm³/mol. The molecule has 2 saturated heterocycles. The van der Waals surface area contributed by atoms with Gasteiger partial charge in [0.25, 0.3) is 0 Å². The SMILES string of the molecule is CCNC(=NCc1cccc(OCCN(C)C2CCOCC2)c1)N1CC(C)(C)C1(C)C. The highest BCUT2D eigenvalue weighted by Gasteiger charge is 2.53. The molecule has 174 valence electrons. The van der Waals surface area contributed by atoms with Gasteiger partial charge in [0.2, 0.25) is 0 Å². The first-order chi connectivity index (χ1) is 14.7. The zero-order valence-corrected chi connectivity index (χ0v) is 20.4. The molecule has 0 unspecified atom stereocenters. The molecule has 2 fully saturated rings. The topological polar surface area (TPSA) is 49.3 Å². The molecule has 6 heteroatoms. The molecule has 0 amide bonds. The maximum atomic E-state index is 6.06. The molecule has 1 N–H and O–H groups in total. The van der Waals surface area contributed by atoms with E-state index in [0.29, 0.717) is 19.2 Å². The third-order valence-corrected chi connectivity index (χ3v) is 7.31. The molecule has 31 heavy (non-hydrogen) atoms. The normalized spacial score (nSPS) is 21.1. The van der Waals surface area contributed by atoms with Crippen LogP contribution in [0.25, 0.3) is 0 Å². The van der Waals surface area contributed by atoms with E-state index in [9.17, 15) is 0 Å². The van der Waals surface area contributed by atoms with E-state index in [0.717, 1.165) is 57.4 Å². The number of benzene rings is 1. The number of aliphatic imine (C=N–C) groups is 1. The van der Waals surface area contributed by atoms with Crippen LogP contribution in [0.15, 0.2) is 29.3 Å². The van der Waals surface area contributed by atoms with Crippen molar-refractivity contribution in [1.29, 1.82) is 0 Å². The number of hydrogen-bond acceptors (Lipinski definition) is 4. The van der Waals surface area contributed by atoms with E-state index in [1.807, 2.05) is 6.07 Å². The molecule has 1 aromatic rings. The fraction of sp³-hybridized carbons (Fsp3) is 0.720. The minimum absolute atomic E-state index is 0.0927. The summed E-state index contributed by atoms with van der Waals surface area (Å²) in [5.74, 6) is 1.92. The standard InChI is InChI=1S/C25H42N4O2/c1-7-26-23(29-19-24(2,3)25(29,4)5)27-18-20-9-8-10-22(17-20)31-16-13-28(6)21-11-14-30-15-12-21/h8-10,17,21H,7,11-16,18-19H2,1-6H3,(H,26,27). The van der Waals surface area contributed by atoms with Gasteiger partial charge in [-0.3, -0.25) is 4.90 Å². The lowest BCUT2D eigenvalue weighted by Gasteiger charge is -2.62. The molecule has 6 nitrogen and oxygen atoms in total. The second-order valence-corrected chi connectivity index (χ2v) is 10.0. The highest BCUT2D eigenvalue weighted by Crippen LogP contribution is 2.46. The number of hydrogen-bond donors (Lipinski definition) is 1. The van der Waals surface area contributed by atoms with Crippen molar-refractivity contribution in [3.8, 4) is 5.75 Å². The fourth-order valence-electron chi connectivity index (χ4n) is 4.31. The van der Waals surface area contributed by atoms with E-state index < -0.39 is 0 Å². The zero-order valence-electron chi connectivity index (χ0n) is 20.4. The molecular weight excluding hydrogens is 388 g/mol. The van der Waals surface area contributed by atoms with E-state index >= 15 is 0 Å². The van der Waals surface area contributed by atoms with Crippen molar-refractivity contribution in [2.75, 3.05) is 46.5 Å². The number of likely N-dealkylation sites (N-methyl/N-ethyl adjacent to an activating group) is 1. The Balaban J connectivity index is 1.54. The Hall–Kier alpha value is -1.79. The summed E-state index contributed by atoms with van der Waals surface area (Å²) in [5.41, 5.74) is 1.55. The fourth-order valence-corrected chi connectivity index (χ4v) is 4.31. The third-order valence-electron chi connectivity index (χ3n) is 7.31. The summed E-state index contributed by atoms with van der Waals surface area (Å²) in [5, 5.41) is 3.47. The second kappa shape index (κ2) is 10.2. The number of nitrogens with zero attached hydrogens (tertiary/aromatic N) is 3. The van der Waals surface area contributed by atoms with Crippen molar-refractivity contribution >= 4 is 5.96 Å². The summed E-state index contributed by atoms with van der Waals surface area (Å²) in [4.78, 5) is 9.72. The van der Waals surface area contributed by atoms with Gasteiger partial charge < -0.3 is 19.7 Å². The van der Waals surface area contributed by atoms with Crippen LogP contribution in [0.5, 0.6) is 5.75 Å². The predicted octanol–water partition coefficient (Wildman–Crippen LogP) is 3.76. The van der Waals surface area contributed by atoms with E-state index in [2.05, 4.69) is 75.0 Å². The van der Waals surface area contributed by atoms with Gasteiger partial charge in [-0.05, 0) is 58.4 Å². The number of guanidine groups is 1. The summed E-state index contributed by atoms with van der Waals surface area (Å²) in [6, 6.07) is 8.95. The van der Waals surface area contributed by atoms with Crippen molar-refractivity contribution in [2.24, 2.45) is 10.4 Å². The van der Waals surface area contributed by atoms with Crippen LogP contribution in [0, 0.1) is 5.41 Å². The van der Waals surface area contributed by atoms with Crippen molar-refractivity contribution in [1.82, 2.24) is 15.1 Å². The van der Waals surface area contributed by atoms with Crippen LogP contribution in [-0.2, 0) is 11.3 Å². The van der Waals surface area contributed by atoms with Crippen molar-refractivity contribution < 1.29 is 9.47 Å². The maximum absolute atomic E-state index is 6.06. The molecule has 1 aromatic carbocycles. The Morgan fingerprint density at radius 2 is 2.00 bits per heavy atom. The molecule has 2 aliphatic rings. The summed E-state index contributed by atoms with van der Waals surface area (Å²) < 4.78 is 11.5. The minimum atomic E-state index is 0.0927. The molecular formula is C25H42N4O2. The number of ether oxygens (including phenoxy) is 2. The van der Waals surface area contributed by atoms with Crippen LogP contribution in [0.4, 0.5) is 0 Å². The van der Waals surface area contributed by atoms with Gasteiger partial charge in [0.1, 0.15) is 12.4 Å². The Kier molecular flexibility index (Phi) is 7.87. The number of nitrogens with one attached hydrogen (secondary N) is 1. The van der Waals surface area contributed by atoms with Gasteiger partial charge in [-0.1, -0.05) is 26.0 Å². The van der Waals surface area contributed by atoms with Crippen LogP contribution in [0.1, 0.15) is 53.0 Å². The quantitative estimate of drug-likeness (QED) is 0.503. The lowest BCUT2D eigenvalue weighted by atomic mass is 9.65. The van der Waals surface area contributed by atoms with E-state index in [4.69, 9.17) is 14.5 Å². The Morgan fingerprint density at radius 1 is 1.26 bits per heavy atom. The molecule has 0 aromatic heterocycles. The van der Waals surface area contributed by atoms with Crippen molar-refractivity contribution in [3.63, 3.8) is 0 Å². The van der Waals surface area contributed by atoms with Crippen molar-refractivity contribution in [2.45, 2.75) is 65.6 Å². The van der Waals surface area contributed by atoms with Gasteiger partial charge in [0.15, 0.2) is 5.96 Å². The highest BCUT2D eigenvalue weighted by molar-refractivity contribution is 5.82. The van der Waals surface area contributed by atoms with Crippen molar-refractivity contribution in [3.05, 3.63) is 29.8 Å². The molecule has 2 aliphatic heterocycles. The summed E-state index contributed by atoms with van der Waals surface area (Å²) >= 11 is 0. The van der Waals surface area contributed by atoms with Gasteiger partial charge in [-0.15, -0.1) is 0 Å². The molecule has 3 rings (SSSR count). The monoisotopic (exact) mass is 430 g/mol. The highest BCUT2D eigenvalue weighted by atomic mass is 16.5. The molecule has 0 bridgehead atoms. The molecule has 0 radical (unpaired) electrons. The third kappa shape index (κ3) is 5.72. The van der Waals surface area contributed by atoms with Gasteiger partial charge >= 0.3 is 0 Å². The summed E-state index contributed by atoms with van der Waals surface area (Å²) in [6.45, 7) is 17.3. The van der Waals surface area contributed by atoms with Crippen LogP contribution < -0.4 is 10.1 Å². The Labute approximate surface area is 189 Å². The van der Waals surface area contributed by atoms with E-state index in [1.54, 1.807) is 0 Å². The van der Waals surface area contributed by atoms with Crippen LogP contribution in [0.2, 0.25) is 0 Å². The summed E-state index contributed by atoms with van der Waals surface area (Å²) in [7, 11) is 2.19. The van der Waals surface area contributed by atoms with Gasteiger partial charge in [0.05, 0.1) is 6.54 Å². The average molecular weight is 431 g/mol. The lowest BCUT2D eigenvalue weighted by Crippen LogP contribution is -2.72. The average Bonchev–Trinajstić information content (AvgIpc) is 2.76. The first kappa shape index (κ1) is 23.9. The van der Waals surface area contributed by atoms with E-state index in [-0.39, 0.29) is 11.0 Å². The maximum Gasteiger partial charge on any atom is 0.194 e. The Morgan fingerprint density at radius 3 is 2.65 bits per heavy atom. The summed E-state index contributed by atoms with van der Waals surface area (Å²) in [6.07, 6.45) is 2.23. The van der Waals surface area contributed by atoms with E-state index in [1.165, 1.54) is 5.56 Å². The van der Waals surface area contributed by atoms with Crippen LogP contribution in [0.3, 0.4) is 0 Å². The molecule has 0 atom stereocenters. The Bertz CT molecular complexity index is 741. The van der Waals surface area contributed by atoms with Crippen LogP contribution in [-0.4, -0.2) is 73.8 Å². The first-order valence-corrected chi connectivity index (χ1v) is 11.8.